The molecule has 3 saturated heterocycles. The van der Waals surface area contributed by atoms with Crippen molar-refractivity contribution in [3.8, 4) is 11.5 Å². The largest absolute Gasteiger partial charge is 0.496 e. The highest BCUT2D eigenvalue weighted by Crippen LogP contribution is 2.67. The molecule has 17 nitrogen and oxygen atoms in total. The number of carbonyl (C=O) groups is 5. The van der Waals surface area contributed by atoms with E-state index in [4.69, 9.17) is 47.4 Å². The van der Waals surface area contributed by atoms with Crippen molar-refractivity contribution >= 4 is 37.5 Å². The molecule has 0 spiro atoms. The summed E-state index contributed by atoms with van der Waals surface area (Å²) in [4.78, 5) is 71.9. The van der Waals surface area contributed by atoms with Crippen molar-refractivity contribution in [2.24, 2.45) is 22.7 Å². The molecular weight excluding hydrogens is 893 g/mol. The van der Waals surface area contributed by atoms with Gasteiger partial charge in [-0.1, -0.05) is 65.5 Å². The molecule has 2 aromatic rings. The molecule has 3 aliphatic heterocycles. The molecule has 69 heavy (non-hydrogen) atoms. The summed E-state index contributed by atoms with van der Waals surface area (Å²) >= 11 is 0. The lowest BCUT2D eigenvalue weighted by Gasteiger charge is -2.71. The van der Waals surface area contributed by atoms with E-state index in [0.29, 0.717) is 34.6 Å². The highest BCUT2D eigenvalue weighted by molar-refractivity contribution is 6.57. The van der Waals surface area contributed by atoms with Crippen LogP contribution in [0.1, 0.15) is 96.8 Å². The summed E-state index contributed by atoms with van der Waals surface area (Å²) in [6.07, 6.45) is -8.82. The van der Waals surface area contributed by atoms with E-state index in [0.717, 1.165) is 0 Å². The number of fused-ring (bicyclic) bond motifs is 4. The zero-order valence-corrected chi connectivity index (χ0v) is 41.2. The average molecular weight is 958 g/mol. The van der Waals surface area contributed by atoms with Gasteiger partial charge in [0.25, 0.3) is 0 Å². The molecule has 14 atom stereocenters. The standard InChI is InChI=1S/C51H64BNO16/c1-12-36-65-34-22-35-50(24-62-35,69-28(6)55)41-43(68-45(56)29-17-14-13-15-18-29)51(59)23-33(26(4)38(48(51,7)8)40(63-27(5)54)42(66-36)49(34,41)9)64-46(57)39-30(21-25(2)3)53(47(52)58)44(67-39)37-31(60-10)19-16-20-32(37)61-11/h12-20,25,30,33-36,39-44,59H,1,21-24,52H2,2-11H3/t30-,33-,34-,35+,36?,39+,40-,41-,42-,43-,44?,49+,50-,51+/m0/s1. The Hall–Kier alpha value is -5.27. The van der Waals surface area contributed by atoms with Crippen LogP contribution in [0.2, 0.25) is 0 Å². The number of hydrogen-bond acceptors (Lipinski definition) is 16. The van der Waals surface area contributed by atoms with Gasteiger partial charge in [-0.2, -0.15) is 0 Å². The Labute approximate surface area is 403 Å². The molecule has 372 valence electrons. The van der Waals surface area contributed by atoms with E-state index in [2.05, 4.69) is 6.58 Å². The molecule has 2 bridgehead atoms. The first kappa shape index (κ1) is 50.1. The van der Waals surface area contributed by atoms with Gasteiger partial charge in [0.05, 0.1) is 50.0 Å². The van der Waals surface area contributed by atoms with Gasteiger partial charge in [0.15, 0.2) is 36.1 Å². The summed E-state index contributed by atoms with van der Waals surface area (Å²) in [5.74, 6) is -3.82. The smallest absolute Gasteiger partial charge is 0.338 e. The molecule has 3 heterocycles. The van der Waals surface area contributed by atoms with E-state index in [-0.39, 0.29) is 36.7 Å². The lowest BCUT2D eigenvalue weighted by Crippen LogP contribution is -2.83. The Bertz CT molecular complexity index is 2390. The fourth-order valence-electron chi connectivity index (χ4n) is 12.6. The van der Waals surface area contributed by atoms with Crippen LogP contribution in [-0.2, 0) is 52.3 Å². The highest BCUT2D eigenvalue weighted by atomic mass is 16.7. The Morgan fingerprint density at radius 3 is 2.13 bits per heavy atom. The van der Waals surface area contributed by atoms with Crippen LogP contribution in [0.3, 0.4) is 0 Å². The number of hydrogen-bond donors (Lipinski definition) is 1. The SMILES string of the molecule is BC(=O)N1C(c2c(OC)cccc2OC)O[C@@H](C(=O)O[C@H]2C[C@@]3(O)[C@@H](OC(=O)c4ccccc4)[C@@H]4[C@]5(OC(C)=O)CO[C@@H]5C[C@@H]5OC(C=C)O[C@@H]([C@@H](OC(C)=O)C(=C2C)C3(C)C)[C@]54C)[C@@H]1CC(C)C. The van der Waals surface area contributed by atoms with Crippen molar-refractivity contribution in [2.45, 2.75) is 147 Å². The number of benzene rings is 2. The minimum atomic E-state index is -2.22. The zero-order chi connectivity index (χ0) is 50.1. The van der Waals surface area contributed by atoms with E-state index in [1.54, 1.807) is 69.3 Å². The third kappa shape index (κ3) is 8.03. The van der Waals surface area contributed by atoms with Crippen molar-refractivity contribution in [1.29, 1.82) is 0 Å². The van der Waals surface area contributed by atoms with Crippen molar-refractivity contribution in [3.05, 3.63) is 83.5 Å². The minimum Gasteiger partial charge on any atom is -0.496 e. The third-order valence-corrected chi connectivity index (χ3v) is 15.6. The Morgan fingerprint density at radius 1 is 0.913 bits per heavy atom. The number of esters is 4. The van der Waals surface area contributed by atoms with E-state index < -0.39 is 113 Å². The van der Waals surface area contributed by atoms with Crippen LogP contribution in [0.5, 0.6) is 11.5 Å². The van der Waals surface area contributed by atoms with E-state index in [1.165, 1.54) is 46.9 Å². The summed E-state index contributed by atoms with van der Waals surface area (Å²) in [7, 11) is 4.36. The van der Waals surface area contributed by atoms with Gasteiger partial charge >= 0.3 is 23.9 Å². The Balaban J connectivity index is 1.33. The van der Waals surface area contributed by atoms with Crippen LogP contribution in [0.15, 0.2) is 72.3 Å². The van der Waals surface area contributed by atoms with Crippen LogP contribution in [0.4, 0.5) is 4.79 Å². The number of ether oxygens (including phenoxy) is 10. The molecule has 1 amide bonds. The minimum absolute atomic E-state index is 0.0263. The molecule has 1 N–H and O–H groups in total. The molecule has 5 fully saturated rings. The zero-order valence-electron chi connectivity index (χ0n) is 41.2. The Morgan fingerprint density at radius 2 is 1.58 bits per heavy atom. The first-order valence-electron chi connectivity index (χ1n) is 23.6. The molecule has 2 saturated carbocycles. The molecule has 3 aliphatic carbocycles. The molecule has 0 radical (unpaired) electrons. The lowest BCUT2D eigenvalue weighted by atomic mass is 9.44. The van der Waals surface area contributed by atoms with Gasteiger partial charge in [-0.15, -0.1) is 0 Å². The van der Waals surface area contributed by atoms with Crippen molar-refractivity contribution in [2.75, 3.05) is 20.8 Å². The summed E-state index contributed by atoms with van der Waals surface area (Å²) in [6, 6.07) is 12.6. The van der Waals surface area contributed by atoms with Crippen LogP contribution in [-0.4, -0.2) is 135 Å². The molecular formula is C51H64BNO16. The summed E-state index contributed by atoms with van der Waals surface area (Å²) in [5, 5.41) is 14.2. The van der Waals surface area contributed by atoms with Gasteiger partial charge in [0.1, 0.15) is 41.5 Å². The van der Waals surface area contributed by atoms with E-state index in [1.807, 2.05) is 20.8 Å². The molecule has 18 heteroatoms. The van der Waals surface area contributed by atoms with Crippen molar-refractivity contribution in [1.82, 2.24) is 4.90 Å². The van der Waals surface area contributed by atoms with Gasteiger partial charge in [-0.05, 0) is 60.8 Å². The first-order valence-corrected chi connectivity index (χ1v) is 23.6. The average Bonchev–Trinajstić information content (AvgIpc) is 3.66. The van der Waals surface area contributed by atoms with Gasteiger partial charge in [0, 0.05) is 37.5 Å². The summed E-state index contributed by atoms with van der Waals surface area (Å²) in [5.41, 5.74) is -5.26. The van der Waals surface area contributed by atoms with Gasteiger partial charge < -0.3 is 57.4 Å². The number of methoxy groups -OCH3 is 2. The second kappa shape index (κ2) is 18.5. The fraction of sp³-hybridized carbons (Fsp3) is 0.588. The molecule has 6 aliphatic rings. The maximum atomic E-state index is 15.2. The molecule has 2 unspecified atom stereocenters. The third-order valence-electron chi connectivity index (χ3n) is 15.6. The fourth-order valence-corrected chi connectivity index (χ4v) is 12.6. The predicted molar refractivity (Wildman–Crippen MR) is 247 cm³/mol. The topological polar surface area (TPSA) is 201 Å². The quantitative estimate of drug-likeness (QED) is 0.127. The van der Waals surface area contributed by atoms with E-state index >= 15 is 4.79 Å². The molecule has 2 aromatic carbocycles. The van der Waals surface area contributed by atoms with Crippen molar-refractivity contribution < 1.29 is 76.4 Å². The predicted octanol–water partition coefficient (Wildman–Crippen LogP) is 5.15. The van der Waals surface area contributed by atoms with Crippen LogP contribution in [0, 0.1) is 22.7 Å². The number of rotatable bonds is 12. The lowest BCUT2D eigenvalue weighted by molar-refractivity contribution is -0.405. The maximum absolute atomic E-state index is 15.2. The second-order valence-electron chi connectivity index (χ2n) is 20.3. The monoisotopic (exact) mass is 957 g/mol. The number of nitrogens with zero attached hydrogens (tertiary/aromatic N) is 1. The van der Waals surface area contributed by atoms with Gasteiger partial charge in [-0.3, -0.25) is 14.4 Å². The number of carbonyl (C=O) groups excluding carboxylic acids is 5. The second-order valence-corrected chi connectivity index (χ2v) is 20.3. The summed E-state index contributed by atoms with van der Waals surface area (Å²) < 4.78 is 63.8. The van der Waals surface area contributed by atoms with Crippen LogP contribution in [0.25, 0.3) is 0 Å². The van der Waals surface area contributed by atoms with Gasteiger partial charge in [0.2, 0.25) is 7.85 Å². The van der Waals surface area contributed by atoms with Gasteiger partial charge in [-0.25, -0.2) is 9.59 Å². The molecule has 8 rings (SSSR count). The first-order chi connectivity index (χ1) is 32.6. The normalized spacial score (nSPS) is 36.3. The van der Waals surface area contributed by atoms with Crippen LogP contribution < -0.4 is 9.47 Å². The van der Waals surface area contributed by atoms with E-state index in [9.17, 15) is 24.3 Å². The van der Waals surface area contributed by atoms with Crippen molar-refractivity contribution in [3.63, 3.8) is 0 Å². The maximum Gasteiger partial charge on any atom is 0.338 e. The van der Waals surface area contributed by atoms with Crippen LogP contribution >= 0.6 is 0 Å². The number of amides is 1. The number of aliphatic hydroxyl groups is 1. The summed E-state index contributed by atoms with van der Waals surface area (Å²) in [6.45, 7) is 17.4. The Kier molecular flexibility index (Phi) is 13.4. The molecule has 0 aromatic heterocycles. The highest BCUT2D eigenvalue weighted by Gasteiger charge is 2.80.